The fourth-order valence-electron chi connectivity index (χ4n) is 2.23. The summed E-state index contributed by atoms with van der Waals surface area (Å²) in [6.07, 6.45) is 4.16. The molecule has 0 amide bonds. The van der Waals surface area contributed by atoms with Crippen molar-refractivity contribution in [2.24, 2.45) is 0 Å². The van der Waals surface area contributed by atoms with Crippen molar-refractivity contribution in [3.05, 3.63) is 0 Å². The zero-order chi connectivity index (χ0) is 10.5. The van der Waals surface area contributed by atoms with Crippen molar-refractivity contribution in [2.45, 2.75) is 43.9 Å². The maximum absolute atomic E-state index is 9.37. The first-order valence-electron chi connectivity index (χ1n) is 5.95. The number of aliphatic hydroxyl groups excluding tert-OH is 1. The number of nitrogens with one attached hydrogen (secondary N) is 1. The standard InChI is InChI=1S/C11H21NO3/c13-10-3-1-9(2-4-10)12-7-11-8-14-5-6-15-11/h9-13H,1-8H2. The number of rotatable bonds is 3. The summed E-state index contributed by atoms with van der Waals surface area (Å²) >= 11 is 0. The molecule has 2 rings (SSSR count). The average Bonchev–Trinajstić information content (AvgIpc) is 2.30. The van der Waals surface area contributed by atoms with Gasteiger partial charge in [0, 0.05) is 12.6 Å². The van der Waals surface area contributed by atoms with Gasteiger partial charge in [0.1, 0.15) is 0 Å². The van der Waals surface area contributed by atoms with Gasteiger partial charge in [-0.3, -0.25) is 0 Å². The Morgan fingerprint density at radius 3 is 2.60 bits per heavy atom. The Hall–Kier alpha value is -0.160. The molecule has 1 heterocycles. The van der Waals surface area contributed by atoms with Crippen molar-refractivity contribution in [3.63, 3.8) is 0 Å². The molecule has 0 bridgehead atoms. The SMILES string of the molecule is OC1CCC(NCC2COCCO2)CC1. The predicted octanol–water partition coefficient (Wildman–Crippen LogP) is 0.295. The molecule has 2 N–H and O–H groups in total. The first kappa shape index (κ1) is 11.3. The molecule has 0 aromatic carbocycles. The minimum atomic E-state index is -0.0719. The molecule has 2 aliphatic rings. The van der Waals surface area contributed by atoms with Crippen molar-refractivity contribution < 1.29 is 14.6 Å². The summed E-state index contributed by atoms with van der Waals surface area (Å²) in [5.74, 6) is 0. The molecule has 1 unspecified atom stereocenters. The molecule has 0 spiro atoms. The molecule has 2 fully saturated rings. The zero-order valence-corrected chi connectivity index (χ0v) is 9.15. The van der Waals surface area contributed by atoms with E-state index >= 15 is 0 Å². The lowest BCUT2D eigenvalue weighted by Crippen LogP contribution is -2.43. The molecule has 1 aliphatic heterocycles. The summed E-state index contributed by atoms with van der Waals surface area (Å²) in [7, 11) is 0. The Bertz CT molecular complexity index is 175. The molecule has 4 nitrogen and oxygen atoms in total. The van der Waals surface area contributed by atoms with Gasteiger partial charge in [0.05, 0.1) is 32.0 Å². The third-order valence-corrected chi connectivity index (χ3v) is 3.22. The highest BCUT2D eigenvalue weighted by molar-refractivity contribution is 4.78. The molecule has 0 radical (unpaired) electrons. The molecule has 88 valence electrons. The van der Waals surface area contributed by atoms with Gasteiger partial charge in [-0.15, -0.1) is 0 Å². The van der Waals surface area contributed by atoms with E-state index in [0.717, 1.165) is 45.4 Å². The molecule has 0 aromatic heterocycles. The Labute approximate surface area is 90.9 Å². The van der Waals surface area contributed by atoms with Crippen LogP contribution in [0.3, 0.4) is 0 Å². The van der Waals surface area contributed by atoms with E-state index in [1.54, 1.807) is 0 Å². The van der Waals surface area contributed by atoms with Crippen LogP contribution in [-0.2, 0) is 9.47 Å². The van der Waals surface area contributed by atoms with E-state index in [1.165, 1.54) is 0 Å². The minimum absolute atomic E-state index is 0.0719. The molecule has 15 heavy (non-hydrogen) atoms. The smallest absolute Gasteiger partial charge is 0.0933 e. The summed E-state index contributed by atoms with van der Waals surface area (Å²) in [6.45, 7) is 3.03. The van der Waals surface area contributed by atoms with Crippen LogP contribution < -0.4 is 5.32 Å². The highest BCUT2D eigenvalue weighted by atomic mass is 16.6. The monoisotopic (exact) mass is 215 g/mol. The molecular formula is C11H21NO3. The molecule has 1 atom stereocenters. The Kier molecular flexibility index (Phi) is 4.38. The third kappa shape index (κ3) is 3.72. The second-order valence-corrected chi connectivity index (χ2v) is 4.48. The van der Waals surface area contributed by atoms with Gasteiger partial charge < -0.3 is 19.9 Å². The second-order valence-electron chi connectivity index (χ2n) is 4.48. The maximum Gasteiger partial charge on any atom is 0.0933 e. The fourth-order valence-corrected chi connectivity index (χ4v) is 2.23. The van der Waals surface area contributed by atoms with Crippen LogP contribution in [0.15, 0.2) is 0 Å². The van der Waals surface area contributed by atoms with Gasteiger partial charge in [0.25, 0.3) is 0 Å². The third-order valence-electron chi connectivity index (χ3n) is 3.22. The largest absolute Gasteiger partial charge is 0.393 e. The second kappa shape index (κ2) is 5.80. The van der Waals surface area contributed by atoms with E-state index < -0.39 is 0 Å². The molecular weight excluding hydrogens is 194 g/mol. The predicted molar refractivity (Wildman–Crippen MR) is 56.8 cm³/mol. The van der Waals surface area contributed by atoms with Crippen LogP contribution in [-0.4, -0.2) is 49.7 Å². The fraction of sp³-hybridized carbons (Fsp3) is 1.00. The lowest BCUT2D eigenvalue weighted by atomic mass is 9.93. The summed E-state index contributed by atoms with van der Waals surface area (Å²) < 4.78 is 10.9. The topological polar surface area (TPSA) is 50.7 Å². The van der Waals surface area contributed by atoms with Crippen LogP contribution in [0.2, 0.25) is 0 Å². The highest BCUT2D eigenvalue weighted by Gasteiger charge is 2.21. The lowest BCUT2D eigenvalue weighted by molar-refractivity contribution is -0.0875. The number of ether oxygens (including phenoxy) is 2. The Balaban J connectivity index is 1.60. The molecule has 0 aromatic rings. The molecule has 1 aliphatic carbocycles. The number of hydrogen-bond acceptors (Lipinski definition) is 4. The quantitative estimate of drug-likeness (QED) is 0.710. The van der Waals surface area contributed by atoms with Gasteiger partial charge in [0.2, 0.25) is 0 Å². The highest BCUT2D eigenvalue weighted by Crippen LogP contribution is 2.18. The van der Waals surface area contributed by atoms with Gasteiger partial charge >= 0.3 is 0 Å². The molecule has 1 saturated carbocycles. The Morgan fingerprint density at radius 2 is 1.93 bits per heavy atom. The van der Waals surface area contributed by atoms with Crippen LogP contribution in [0.5, 0.6) is 0 Å². The number of aliphatic hydroxyl groups is 1. The van der Waals surface area contributed by atoms with Gasteiger partial charge in [0.15, 0.2) is 0 Å². The van der Waals surface area contributed by atoms with E-state index in [-0.39, 0.29) is 12.2 Å². The van der Waals surface area contributed by atoms with Crippen molar-refractivity contribution in [1.82, 2.24) is 5.32 Å². The molecule has 4 heteroatoms. The van der Waals surface area contributed by atoms with Crippen LogP contribution >= 0.6 is 0 Å². The summed E-state index contributed by atoms with van der Waals surface area (Å²) in [6, 6.07) is 0.555. The summed E-state index contributed by atoms with van der Waals surface area (Å²) in [5.41, 5.74) is 0. The molecule has 1 saturated heterocycles. The van der Waals surface area contributed by atoms with Crippen LogP contribution in [0, 0.1) is 0 Å². The number of hydrogen-bond donors (Lipinski definition) is 2. The zero-order valence-electron chi connectivity index (χ0n) is 9.15. The van der Waals surface area contributed by atoms with Crippen LogP contribution in [0.4, 0.5) is 0 Å². The van der Waals surface area contributed by atoms with E-state index in [9.17, 15) is 5.11 Å². The van der Waals surface area contributed by atoms with Crippen LogP contribution in [0.1, 0.15) is 25.7 Å². The van der Waals surface area contributed by atoms with E-state index in [1.807, 2.05) is 0 Å². The summed E-state index contributed by atoms with van der Waals surface area (Å²) in [5, 5.41) is 12.9. The minimum Gasteiger partial charge on any atom is -0.393 e. The van der Waals surface area contributed by atoms with E-state index in [2.05, 4.69) is 5.32 Å². The first-order valence-corrected chi connectivity index (χ1v) is 5.95. The van der Waals surface area contributed by atoms with Gasteiger partial charge in [-0.1, -0.05) is 0 Å². The van der Waals surface area contributed by atoms with Crippen molar-refractivity contribution in [3.8, 4) is 0 Å². The maximum atomic E-state index is 9.37. The van der Waals surface area contributed by atoms with Crippen molar-refractivity contribution >= 4 is 0 Å². The van der Waals surface area contributed by atoms with Crippen molar-refractivity contribution in [2.75, 3.05) is 26.4 Å². The van der Waals surface area contributed by atoms with Crippen molar-refractivity contribution in [1.29, 1.82) is 0 Å². The first-order chi connectivity index (χ1) is 7.34. The summed E-state index contributed by atoms with van der Waals surface area (Å²) in [4.78, 5) is 0. The average molecular weight is 215 g/mol. The van der Waals surface area contributed by atoms with Gasteiger partial charge in [-0.25, -0.2) is 0 Å². The van der Waals surface area contributed by atoms with Gasteiger partial charge in [-0.2, -0.15) is 0 Å². The van der Waals surface area contributed by atoms with Crippen LogP contribution in [0.25, 0.3) is 0 Å². The van der Waals surface area contributed by atoms with E-state index in [4.69, 9.17) is 9.47 Å². The van der Waals surface area contributed by atoms with E-state index in [0.29, 0.717) is 12.6 Å². The lowest BCUT2D eigenvalue weighted by Gasteiger charge is -2.29. The van der Waals surface area contributed by atoms with Gasteiger partial charge in [-0.05, 0) is 25.7 Å². The normalized spacial score (nSPS) is 37.8. The Morgan fingerprint density at radius 1 is 1.13 bits per heavy atom.